The van der Waals surface area contributed by atoms with Crippen LogP contribution in [-0.2, 0) is 24.1 Å². The van der Waals surface area contributed by atoms with Crippen molar-refractivity contribution in [2.75, 3.05) is 43.1 Å². The van der Waals surface area contributed by atoms with Crippen LogP contribution in [0.4, 0.5) is 20.6 Å². The Labute approximate surface area is 179 Å². The molecule has 31 heavy (non-hydrogen) atoms. The number of hydrogen-bond acceptors (Lipinski definition) is 7. The molecule has 1 unspecified atom stereocenters. The Morgan fingerprint density at radius 3 is 2.71 bits per heavy atom. The highest BCUT2D eigenvalue weighted by atomic mass is 19.1. The first-order valence-corrected chi connectivity index (χ1v) is 10.3. The van der Waals surface area contributed by atoms with Crippen LogP contribution in [0.2, 0.25) is 0 Å². The van der Waals surface area contributed by atoms with Crippen molar-refractivity contribution in [1.82, 2.24) is 5.32 Å². The van der Waals surface area contributed by atoms with Gasteiger partial charge in [0.2, 0.25) is 5.91 Å². The average Bonchev–Trinajstić information content (AvgIpc) is 3.30. The molecule has 3 aliphatic rings. The van der Waals surface area contributed by atoms with Gasteiger partial charge < -0.3 is 15.0 Å². The van der Waals surface area contributed by atoms with Crippen molar-refractivity contribution in [2.45, 2.75) is 32.3 Å². The van der Waals surface area contributed by atoms with Crippen LogP contribution in [0.5, 0.6) is 0 Å². The second-order valence-corrected chi connectivity index (χ2v) is 8.36. The predicted octanol–water partition coefficient (Wildman–Crippen LogP) is 2.00. The number of carbonyl (C=O) groups is 3. The molecule has 10 heteroatoms. The first kappa shape index (κ1) is 21.4. The fourth-order valence-corrected chi connectivity index (χ4v) is 4.58. The average molecular weight is 435 g/mol. The lowest BCUT2D eigenvalue weighted by Gasteiger charge is -2.34. The molecule has 2 amide bonds. The van der Waals surface area contributed by atoms with Gasteiger partial charge in [-0.25, -0.2) is 14.0 Å². The van der Waals surface area contributed by atoms with Crippen molar-refractivity contribution in [3.63, 3.8) is 0 Å². The highest BCUT2D eigenvalue weighted by molar-refractivity contribution is 5.90. The third-order valence-electron chi connectivity index (χ3n) is 6.44. The van der Waals surface area contributed by atoms with Gasteiger partial charge in [-0.15, -0.1) is 0 Å². The van der Waals surface area contributed by atoms with Crippen molar-refractivity contribution in [3.8, 4) is 0 Å². The van der Waals surface area contributed by atoms with Crippen LogP contribution in [0, 0.1) is 17.2 Å². The van der Waals surface area contributed by atoms with Crippen LogP contribution in [0.25, 0.3) is 0 Å². The third-order valence-corrected chi connectivity index (χ3v) is 6.44. The quantitative estimate of drug-likeness (QED) is 0.539. The van der Waals surface area contributed by atoms with E-state index in [2.05, 4.69) is 15.1 Å². The second-order valence-electron chi connectivity index (χ2n) is 8.36. The molecule has 2 aliphatic heterocycles. The molecule has 2 saturated heterocycles. The smallest absolute Gasteiger partial charge is 0.414 e. The zero-order valence-electron chi connectivity index (χ0n) is 17.6. The number of benzene rings is 1. The van der Waals surface area contributed by atoms with Crippen LogP contribution < -0.4 is 15.1 Å². The maximum Gasteiger partial charge on any atom is 0.414 e. The molecule has 1 spiro atoms. The molecule has 1 N–H and O–H groups in total. The number of rotatable bonds is 6. The van der Waals surface area contributed by atoms with E-state index in [4.69, 9.17) is 4.74 Å². The van der Waals surface area contributed by atoms with E-state index in [1.54, 1.807) is 12.1 Å². The summed E-state index contributed by atoms with van der Waals surface area (Å²) < 4.78 is 20.1. The van der Waals surface area contributed by atoms with E-state index in [1.807, 2.05) is 4.90 Å². The van der Waals surface area contributed by atoms with Crippen LogP contribution >= 0.6 is 0 Å². The molecule has 1 aliphatic carbocycles. The molecule has 168 valence electrons. The number of halogens is 1. The Balaban J connectivity index is 1.36. The molecule has 2 heterocycles. The van der Waals surface area contributed by atoms with Crippen LogP contribution in [-0.4, -0.2) is 57.4 Å². The topological polar surface area (TPSA) is 97.4 Å². The predicted molar refractivity (Wildman–Crippen MR) is 108 cm³/mol. The molecule has 1 aromatic carbocycles. The number of cyclic esters (lactones) is 1. The Bertz CT molecular complexity index is 886. The van der Waals surface area contributed by atoms with Gasteiger partial charge in [0.25, 0.3) is 0 Å². The van der Waals surface area contributed by atoms with Gasteiger partial charge in [0.05, 0.1) is 37.5 Å². The molecule has 1 saturated carbocycles. The normalized spacial score (nSPS) is 24.2. The highest BCUT2D eigenvalue weighted by Gasteiger charge is 2.60. The molecule has 3 fully saturated rings. The van der Waals surface area contributed by atoms with E-state index in [9.17, 15) is 18.8 Å². The molecule has 1 aromatic rings. The van der Waals surface area contributed by atoms with E-state index < -0.39 is 18.0 Å². The van der Waals surface area contributed by atoms with Crippen molar-refractivity contribution in [2.24, 2.45) is 11.3 Å². The van der Waals surface area contributed by atoms with Gasteiger partial charge in [-0.3, -0.25) is 14.6 Å². The van der Waals surface area contributed by atoms with Gasteiger partial charge >= 0.3 is 12.1 Å². The van der Waals surface area contributed by atoms with E-state index in [0.29, 0.717) is 24.5 Å². The minimum atomic E-state index is -0.565. The Hall–Kier alpha value is -2.88. The maximum atomic E-state index is 14.9. The zero-order chi connectivity index (χ0) is 22.2. The summed E-state index contributed by atoms with van der Waals surface area (Å²) in [6.07, 6.45) is 1.29. The van der Waals surface area contributed by atoms with E-state index in [0.717, 1.165) is 19.3 Å². The summed E-state index contributed by atoms with van der Waals surface area (Å²) >= 11 is 0. The van der Waals surface area contributed by atoms with Gasteiger partial charge in [0.1, 0.15) is 11.9 Å². The van der Waals surface area contributed by atoms with Gasteiger partial charge in [0.15, 0.2) is 0 Å². The monoisotopic (exact) mass is 435 g/mol. The number of hydrogen-bond donors (Lipinski definition) is 1. The Kier molecular flexibility index (Phi) is 5.74. The molecule has 2 atom stereocenters. The van der Waals surface area contributed by atoms with Crippen LogP contribution in [0.1, 0.15) is 26.2 Å². The summed E-state index contributed by atoms with van der Waals surface area (Å²) in [5.74, 6) is -1.10. The number of nitrogens with zero attached hydrogens (tertiary/aromatic N) is 2. The summed E-state index contributed by atoms with van der Waals surface area (Å²) in [5, 5.41) is 2.61. The number of ether oxygens (including phenoxy) is 1. The summed E-state index contributed by atoms with van der Waals surface area (Å²) in [5.41, 5.74) is 0.817. The Morgan fingerprint density at radius 1 is 1.32 bits per heavy atom. The largest absolute Gasteiger partial charge is 0.442 e. The number of anilines is 2. The minimum absolute atomic E-state index is 0.0647. The lowest BCUT2D eigenvalue weighted by molar-refractivity contribution is -0.257. The van der Waals surface area contributed by atoms with Crippen molar-refractivity contribution in [1.29, 1.82) is 0 Å². The van der Waals surface area contributed by atoms with Crippen molar-refractivity contribution < 1.29 is 33.3 Å². The molecular formula is C21H26FN3O6. The fraction of sp³-hybridized carbons (Fsp3) is 0.571. The van der Waals surface area contributed by atoms with E-state index in [-0.39, 0.29) is 36.3 Å². The number of carbonyl (C=O) groups excluding carboxylic acids is 3. The molecule has 0 bridgehead atoms. The van der Waals surface area contributed by atoms with Gasteiger partial charge in [-0.1, -0.05) is 0 Å². The molecule has 4 rings (SSSR count). The first-order valence-electron chi connectivity index (χ1n) is 10.3. The standard InChI is InChI=1S/C21H26FN3O6/c1-13(26)23-11-15-12-25(20(28)30-15)14-3-4-18(17(22)9-14)24-7-5-21(6-8-24)10-16(21)19(27)31-29-2/h3-4,9,15-16H,5-8,10-12H2,1-2H3,(H,23,26)/t15-,16?/m0/s1. The molecular weight excluding hydrogens is 409 g/mol. The van der Waals surface area contributed by atoms with Crippen molar-refractivity contribution in [3.05, 3.63) is 24.0 Å². The summed E-state index contributed by atoms with van der Waals surface area (Å²) in [6, 6.07) is 4.69. The maximum absolute atomic E-state index is 14.9. The van der Waals surface area contributed by atoms with E-state index >= 15 is 0 Å². The fourth-order valence-electron chi connectivity index (χ4n) is 4.58. The number of amides is 2. The van der Waals surface area contributed by atoms with Crippen LogP contribution in [0.3, 0.4) is 0 Å². The lowest BCUT2D eigenvalue weighted by Crippen LogP contribution is -2.36. The third kappa shape index (κ3) is 4.30. The number of nitrogens with one attached hydrogen (secondary N) is 1. The molecule has 9 nitrogen and oxygen atoms in total. The molecule has 0 radical (unpaired) electrons. The van der Waals surface area contributed by atoms with Crippen molar-refractivity contribution >= 4 is 29.3 Å². The summed E-state index contributed by atoms with van der Waals surface area (Å²) in [4.78, 5) is 47.5. The molecule has 0 aromatic heterocycles. The second kappa shape index (κ2) is 8.33. The first-order chi connectivity index (χ1) is 14.8. The Morgan fingerprint density at radius 2 is 2.06 bits per heavy atom. The summed E-state index contributed by atoms with van der Waals surface area (Å²) in [7, 11) is 1.31. The highest BCUT2D eigenvalue weighted by Crippen LogP contribution is 2.60. The van der Waals surface area contributed by atoms with Crippen LogP contribution in [0.15, 0.2) is 18.2 Å². The minimum Gasteiger partial charge on any atom is -0.442 e. The number of piperidine rings is 1. The lowest BCUT2D eigenvalue weighted by atomic mass is 9.90. The zero-order valence-corrected chi connectivity index (χ0v) is 17.6. The van der Waals surface area contributed by atoms with Gasteiger partial charge in [0, 0.05) is 20.0 Å². The van der Waals surface area contributed by atoms with Gasteiger partial charge in [-0.05, 0) is 42.9 Å². The van der Waals surface area contributed by atoms with E-state index in [1.165, 1.54) is 25.0 Å². The SMILES string of the molecule is COOC(=O)C1CC12CCN(c1ccc(N3C[C@H](CNC(C)=O)OC3=O)cc1F)CC2. The van der Waals surface area contributed by atoms with Gasteiger partial charge in [-0.2, -0.15) is 4.89 Å². The summed E-state index contributed by atoms with van der Waals surface area (Å²) in [6.45, 7) is 3.12.